The number of rotatable bonds is 5. The Hall–Kier alpha value is -1.59. The highest BCUT2D eigenvalue weighted by Gasteiger charge is 2.50. The van der Waals surface area contributed by atoms with Gasteiger partial charge in [0.15, 0.2) is 0 Å². The number of amides is 2. The largest absolute Gasteiger partial charge is 0.384 e. The first-order valence-electron chi connectivity index (χ1n) is 10.7. The molecule has 0 radical (unpaired) electrons. The van der Waals surface area contributed by atoms with Crippen molar-refractivity contribution in [3.63, 3.8) is 0 Å². The first-order valence-corrected chi connectivity index (χ1v) is 11.1. The highest BCUT2D eigenvalue weighted by molar-refractivity contribution is 6.30. The number of benzene rings is 1. The molecule has 1 aliphatic rings. The van der Waals surface area contributed by atoms with Crippen molar-refractivity contribution < 1.29 is 14.7 Å². The lowest BCUT2D eigenvalue weighted by Gasteiger charge is -2.51. The number of carbonyl (C=O) groups is 2. The minimum absolute atomic E-state index is 0.0263. The molecule has 0 spiro atoms. The molecule has 1 aromatic rings. The van der Waals surface area contributed by atoms with Gasteiger partial charge in [-0.3, -0.25) is 9.59 Å². The van der Waals surface area contributed by atoms with Crippen LogP contribution in [-0.2, 0) is 15.2 Å². The van der Waals surface area contributed by atoms with E-state index in [-0.39, 0.29) is 23.1 Å². The molecule has 1 fully saturated rings. The fourth-order valence-corrected chi connectivity index (χ4v) is 4.31. The van der Waals surface area contributed by atoms with Crippen molar-refractivity contribution in [2.24, 2.45) is 16.7 Å². The van der Waals surface area contributed by atoms with E-state index in [9.17, 15) is 14.7 Å². The molecule has 168 valence electrons. The monoisotopic (exact) mass is 436 g/mol. The van der Waals surface area contributed by atoms with Crippen molar-refractivity contribution in [1.82, 2.24) is 10.2 Å². The number of nitrogens with zero attached hydrogens (tertiary/aromatic N) is 1. The number of piperidine rings is 1. The number of likely N-dealkylation sites (tertiary alicyclic amines) is 1. The lowest BCUT2D eigenvalue weighted by Crippen LogP contribution is -2.60. The number of carbonyl (C=O) groups excluding carboxylic acids is 2. The summed E-state index contributed by atoms with van der Waals surface area (Å²) < 4.78 is 0. The van der Waals surface area contributed by atoms with E-state index in [1.54, 1.807) is 17.0 Å². The average Bonchev–Trinajstić information content (AvgIpc) is 2.60. The number of nitrogens with one attached hydrogen (secondary N) is 1. The number of hydrogen-bond donors (Lipinski definition) is 2. The second kappa shape index (κ2) is 8.88. The Morgan fingerprint density at radius 2 is 1.77 bits per heavy atom. The van der Waals surface area contributed by atoms with E-state index in [1.807, 2.05) is 60.6 Å². The summed E-state index contributed by atoms with van der Waals surface area (Å²) in [5.41, 5.74) is -0.956. The van der Waals surface area contributed by atoms with Crippen molar-refractivity contribution in [1.29, 1.82) is 0 Å². The summed E-state index contributed by atoms with van der Waals surface area (Å²) in [5, 5.41) is 15.1. The van der Waals surface area contributed by atoms with Gasteiger partial charge >= 0.3 is 0 Å². The number of aliphatic hydroxyl groups is 1. The van der Waals surface area contributed by atoms with Gasteiger partial charge in [0.1, 0.15) is 6.04 Å². The molecule has 0 aromatic heterocycles. The fourth-order valence-electron chi connectivity index (χ4n) is 4.19. The van der Waals surface area contributed by atoms with E-state index in [0.29, 0.717) is 31.0 Å². The maximum Gasteiger partial charge on any atom is 0.245 e. The first kappa shape index (κ1) is 24.7. The Labute approximate surface area is 186 Å². The zero-order valence-corrected chi connectivity index (χ0v) is 20.1. The molecule has 30 heavy (non-hydrogen) atoms. The van der Waals surface area contributed by atoms with Crippen molar-refractivity contribution in [2.75, 3.05) is 13.1 Å². The van der Waals surface area contributed by atoms with E-state index < -0.39 is 17.1 Å². The van der Waals surface area contributed by atoms with Crippen LogP contribution in [-0.4, -0.2) is 41.0 Å². The fraction of sp³-hybridized carbons (Fsp3) is 0.667. The third-order valence-electron chi connectivity index (χ3n) is 6.02. The highest BCUT2D eigenvalue weighted by Crippen LogP contribution is 2.46. The van der Waals surface area contributed by atoms with Crippen molar-refractivity contribution in [3.8, 4) is 0 Å². The zero-order valence-electron chi connectivity index (χ0n) is 19.4. The van der Waals surface area contributed by atoms with E-state index >= 15 is 0 Å². The van der Waals surface area contributed by atoms with E-state index in [2.05, 4.69) is 5.32 Å². The molecule has 0 saturated carbocycles. The van der Waals surface area contributed by atoms with Crippen LogP contribution < -0.4 is 5.32 Å². The van der Waals surface area contributed by atoms with Crippen LogP contribution in [0.25, 0.3) is 0 Å². The van der Waals surface area contributed by atoms with Gasteiger partial charge < -0.3 is 15.3 Å². The Morgan fingerprint density at radius 3 is 2.23 bits per heavy atom. The lowest BCUT2D eigenvalue weighted by atomic mass is 9.66. The van der Waals surface area contributed by atoms with E-state index in [4.69, 9.17) is 11.6 Å². The minimum atomic E-state index is -1.06. The average molecular weight is 437 g/mol. The van der Waals surface area contributed by atoms with Crippen LogP contribution in [0.3, 0.4) is 0 Å². The molecule has 2 amide bonds. The van der Waals surface area contributed by atoms with Crippen molar-refractivity contribution in [3.05, 3.63) is 34.9 Å². The van der Waals surface area contributed by atoms with Crippen molar-refractivity contribution in [2.45, 2.75) is 73.0 Å². The lowest BCUT2D eigenvalue weighted by molar-refractivity contribution is -0.156. The SMILES string of the molecule is CC(C)[C@@H](NC(=O)CC(C)(C)C)C(=O)N1CC[C@](O)(c2ccc(Cl)cc2)C(C)(C)C1. The number of halogens is 1. The minimum Gasteiger partial charge on any atom is -0.384 e. The Morgan fingerprint density at radius 1 is 1.20 bits per heavy atom. The molecule has 0 aliphatic carbocycles. The summed E-state index contributed by atoms with van der Waals surface area (Å²) in [7, 11) is 0. The zero-order chi connectivity index (χ0) is 22.9. The molecule has 1 heterocycles. The smallest absolute Gasteiger partial charge is 0.245 e. The van der Waals surface area contributed by atoms with Crippen LogP contribution in [0.15, 0.2) is 24.3 Å². The summed E-state index contributed by atoms with van der Waals surface area (Å²) in [6.45, 7) is 14.7. The molecule has 2 atom stereocenters. The summed E-state index contributed by atoms with van der Waals surface area (Å²) in [6, 6.07) is 6.69. The summed E-state index contributed by atoms with van der Waals surface area (Å²) in [5.74, 6) is -0.219. The molecule has 6 heteroatoms. The van der Waals surface area contributed by atoms with Gasteiger partial charge in [-0.05, 0) is 35.4 Å². The van der Waals surface area contributed by atoms with Gasteiger partial charge in [-0.1, -0.05) is 72.2 Å². The Balaban J connectivity index is 2.17. The third kappa shape index (κ3) is 5.55. The van der Waals surface area contributed by atoms with Gasteiger partial charge in [0, 0.05) is 29.9 Å². The van der Waals surface area contributed by atoms with Crippen LogP contribution in [0.5, 0.6) is 0 Å². The Bertz CT molecular complexity index is 768. The molecule has 1 aromatic carbocycles. The second-order valence-electron chi connectivity index (χ2n) is 10.8. The van der Waals surface area contributed by atoms with E-state index in [0.717, 1.165) is 5.56 Å². The predicted molar refractivity (Wildman–Crippen MR) is 121 cm³/mol. The number of hydrogen-bond acceptors (Lipinski definition) is 3. The molecular formula is C24H37ClN2O3. The molecule has 1 saturated heterocycles. The van der Waals surface area contributed by atoms with Gasteiger partial charge in [0.05, 0.1) is 5.60 Å². The quantitative estimate of drug-likeness (QED) is 0.720. The molecular weight excluding hydrogens is 400 g/mol. The van der Waals surface area contributed by atoms with Crippen LogP contribution >= 0.6 is 11.6 Å². The molecule has 2 N–H and O–H groups in total. The first-order chi connectivity index (χ1) is 13.7. The normalized spacial score (nSPS) is 22.7. The van der Waals surface area contributed by atoms with Gasteiger partial charge in [-0.25, -0.2) is 0 Å². The summed E-state index contributed by atoms with van der Waals surface area (Å²) >= 11 is 6.01. The molecule has 2 rings (SSSR count). The molecule has 5 nitrogen and oxygen atoms in total. The third-order valence-corrected chi connectivity index (χ3v) is 6.27. The van der Waals surface area contributed by atoms with Gasteiger partial charge in [-0.15, -0.1) is 0 Å². The van der Waals surface area contributed by atoms with Crippen LogP contribution in [0.2, 0.25) is 5.02 Å². The van der Waals surface area contributed by atoms with Gasteiger partial charge in [-0.2, -0.15) is 0 Å². The molecule has 0 unspecified atom stereocenters. The van der Waals surface area contributed by atoms with Crippen LogP contribution in [0.1, 0.15) is 66.9 Å². The highest BCUT2D eigenvalue weighted by atomic mass is 35.5. The van der Waals surface area contributed by atoms with Crippen LogP contribution in [0.4, 0.5) is 0 Å². The summed E-state index contributed by atoms with van der Waals surface area (Å²) in [6.07, 6.45) is 0.791. The van der Waals surface area contributed by atoms with Crippen LogP contribution in [0, 0.1) is 16.7 Å². The predicted octanol–water partition coefficient (Wildman–Crippen LogP) is 4.36. The Kier molecular flexibility index (Phi) is 7.30. The maximum atomic E-state index is 13.3. The van der Waals surface area contributed by atoms with Gasteiger partial charge in [0.25, 0.3) is 0 Å². The maximum absolute atomic E-state index is 13.3. The standard InChI is InChI=1S/C24H37ClN2O3/c1-16(2)20(26-19(28)14-22(3,4)5)21(29)27-13-12-24(30,23(6,7)15-27)17-8-10-18(25)11-9-17/h8-11,16,20,30H,12-15H2,1-7H3,(H,26,28)/t20-,24+/m1/s1. The second-order valence-corrected chi connectivity index (χ2v) is 11.2. The molecule has 0 bridgehead atoms. The topological polar surface area (TPSA) is 69.6 Å². The van der Waals surface area contributed by atoms with Gasteiger partial charge in [0.2, 0.25) is 11.8 Å². The van der Waals surface area contributed by atoms with E-state index in [1.165, 1.54) is 0 Å². The van der Waals surface area contributed by atoms with Crippen molar-refractivity contribution >= 4 is 23.4 Å². The molecule has 1 aliphatic heterocycles. The summed E-state index contributed by atoms with van der Waals surface area (Å²) in [4.78, 5) is 27.6.